The fraction of sp³-hybridized carbons (Fsp3) is 0.667. The lowest BCUT2D eigenvalue weighted by atomic mass is 10.4. The van der Waals surface area contributed by atoms with Crippen LogP contribution < -0.4 is 10.6 Å². The molecule has 0 bridgehead atoms. The second-order valence-corrected chi connectivity index (χ2v) is 3.71. The predicted molar refractivity (Wildman–Crippen MR) is 68.3 cm³/mol. The van der Waals surface area contributed by atoms with Crippen molar-refractivity contribution in [2.75, 3.05) is 32.9 Å². The summed E-state index contributed by atoms with van der Waals surface area (Å²) < 4.78 is 10.0. The van der Waals surface area contributed by atoms with Crippen molar-refractivity contribution in [3.63, 3.8) is 0 Å². The van der Waals surface area contributed by atoms with E-state index in [1.54, 1.807) is 6.92 Å². The van der Waals surface area contributed by atoms with Crippen LogP contribution in [0.4, 0.5) is 4.79 Å². The van der Waals surface area contributed by atoms with Crippen molar-refractivity contribution in [2.45, 2.75) is 20.3 Å². The molecule has 0 saturated heterocycles. The Kier molecular flexibility index (Phi) is 9.67. The van der Waals surface area contributed by atoms with Gasteiger partial charge in [0, 0.05) is 18.7 Å². The Morgan fingerprint density at radius 2 is 1.72 bits per heavy atom. The number of carbonyl (C=O) groups excluding carboxylic acids is 2. The summed E-state index contributed by atoms with van der Waals surface area (Å²) in [4.78, 5) is 22.2. The van der Waals surface area contributed by atoms with E-state index >= 15 is 0 Å². The van der Waals surface area contributed by atoms with Crippen LogP contribution in [-0.2, 0) is 14.3 Å². The van der Waals surface area contributed by atoms with Crippen LogP contribution in [0.2, 0.25) is 0 Å². The van der Waals surface area contributed by atoms with Gasteiger partial charge in [0.1, 0.15) is 6.61 Å². The molecule has 0 aromatic carbocycles. The van der Waals surface area contributed by atoms with Crippen LogP contribution in [0.15, 0.2) is 12.2 Å². The Bertz CT molecular complexity index is 279. The van der Waals surface area contributed by atoms with Gasteiger partial charge in [0.15, 0.2) is 0 Å². The lowest BCUT2D eigenvalue weighted by molar-refractivity contribution is -0.138. The molecular formula is C12H22N2O4. The molecule has 2 amide bonds. The monoisotopic (exact) mass is 258 g/mol. The van der Waals surface area contributed by atoms with Crippen molar-refractivity contribution in [2.24, 2.45) is 0 Å². The number of esters is 1. The Hall–Kier alpha value is -1.56. The number of hydrogen-bond acceptors (Lipinski definition) is 4. The van der Waals surface area contributed by atoms with Gasteiger partial charge in [-0.1, -0.05) is 13.5 Å². The van der Waals surface area contributed by atoms with E-state index in [4.69, 9.17) is 9.47 Å². The molecular weight excluding hydrogens is 236 g/mol. The molecule has 6 heteroatoms. The zero-order valence-electron chi connectivity index (χ0n) is 11.1. The van der Waals surface area contributed by atoms with Gasteiger partial charge in [0.25, 0.3) is 0 Å². The van der Waals surface area contributed by atoms with Crippen molar-refractivity contribution >= 4 is 12.0 Å². The third-order valence-electron chi connectivity index (χ3n) is 1.85. The maximum atomic E-state index is 11.2. The molecule has 2 N–H and O–H groups in total. The van der Waals surface area contributed by atoms with Crippen molar-refractivity contribution in [1.29, 1.82) is 0 Å². The summed E-state index contributed by atoms with van der Waals surface area (Å²) in [7, 11) is 0. The third-order valence-corrected chi connectivity index (χ3v) is 1.85. The average molecular weight is 258 g/mol. The van der Waals surface area contributed by atoms with Gasteiger partial charge in [-0.15, -0.1) is 0 Å². The minimum absolute atomic E-state index is 0.130. The first kappa shape index (κ1) is 16.4. The van der Waals surface area contributed by atoms with Crippen LogP contribution >= 0.6 is 0 Å². The SMILES string of the molecule is C=C(C)C(=O)OCCNC(=O)NCCOCCC. The van der Waals surface area contributed by atoms with E-state index in [2.05, 4.69) is 17.2 Å². The van der Waals surface area contributed by atoms with Crippen LogP contribution in [0, 0.1) is 0 Å². The van der Waals surface area contributed by atoms with E-state index in [1.165, 1.54) is 0 Å². The Labute approximate surface area is 108 Å². The highest BCUT2D eigenvalue weighted by Crippen LogP contribution is 1.90. The second-order valence-electron chi connectivity index (χ2n) is 3.71. The lowest BCUT2D eigenvalue weighted by Crippen LogP contribution is -2.39. The summed E-state index contributed by atoms with van der Waals surface area (Å²) >= 11 is 0. The van der Waals surface area contributed by atoms with Crippen molar-refractivity contribution in [3.8, 4) is 0 Å². The molecule has 0 unspecified atom stereocenters. The number of urea groups is 1. The van der Waals surface area contributed by atoms with E-state index in [1.807, 2.05) is 6.92 Å². The van der Waals surface area contributed by atoms with Gasteiger partial charge >= 0.3 is 12.0 Å². The van der Waals surface area contributed by atoms with Gasteiger partial charge in [0.2, 0.25) is 0 Å². The highest BCUT2D eigenvalue weighted by Gasteiger charge is 2.03. The zero-order chi connectivity index (χ0) is 13.8. The molecule has 104 valence electrons. The van der Waals surface area contributed by atoms with E-state index in [9.17, 15) is 9.59 Å². The van der Waals surface area contributed by atoms with Gasteiger partial charge in [-0.05, 0) is 13.3 Å². The fourth-order valence-corrected chi connectivity index (χ4v) is 0.977. The first-order chi connectivity index (χ1) is 8.57. The molecule has 6 nitrogen and oxygen atoms in total. The summed E-state index contributed by atoms with van der Waals surface area (Å²) in [6.45, 7) is 9.07. The van der Waals surface area contributed by atoms with Gasteiger partial charge in [-0.3, -0.25) is 0 Å². The highest BCUT2D eigenvalue weighted by atomic mass is 16.5. The number of ether oxygens (including phenoxy) is 2. The highest BCUT2D eigenvalue weighted by molar-refractivity contribution is 5.86. The van der Waals surface area contributed by atoms with Crippen molar-refractivity contribution < 1.29 is 19.1 Å². The molecule has 0 heterocycles. The van der Waals surface area contributed by atoms with Crippen LogP contribution in [0.1, 0.15) is 20.3 Å². The van der Waals surface area contributed by atoms with Crippen molar-refractivity contribution in [1.82, 2.24) is 10.6 Å². The second kappa shape index (κ2) is 10.6. The molecule has 0 aliphatic heterocycles. The normalized spacial score (nSPS) is 9.67. The van der Waals surface area contributed by atoms with Gasteiger partial charge in [-0.25, -0.2) is 9.59 Å². The molecule has 0 aliphatic carbocycles. The standard InChI is InChI=1S/C12H22N2O4/c1-4-7-17-8-5-13-12(16)14-6-9-18-11(15)10(2)3/h2,4-9H2,1,3H3,(H2,13,14,16). The minimum atomic E-state index is -0.454. The van der Waals surface area contributed by atoms with Gasteiger partial charge < -0.3 is 20.1 Å². The molecule has 0 radical (unpaired) electrons. The molecule has 0 aromatic rings. The average Bonchev–Trinajstić information content (AvgIpc) is 2.34. The van der Waals surface area contributed by atoms with E-state index < -0.39 is 5.97 Å². The Morgan fingerprint density at radius 3 is 2.28 bits per heavy atom. The van der Waals surface area contributed by atoms with Crippen LogP contribution in [0.3, 0.4) is 0 Å². The third kappa shape index (κ3) is 9.65. The molecule has 0 rings (SSSR count). The Balaban J connectivity index is 3.37. The molecule has 18 heavy (non-hydrogen) atoms. The van der Waals surface area contributed by atoms with E-state index in [0.29, 0.717) is 25.3 Å². The van der Waals surface area contributed by atoms with Crippen molar-refractivity contribution in [3.05, 3.63) is 12.2 Å². The molecule has 0 atom stereocenters. The van der Waals surface area contributed by atoms with Crippen LogP contribution in [0.5, 0.6) is 0 Å². The van der Waals surface area contributed by atoms with Gasteiger partial charge in [-0.2, -0.15) is 0 Å². The molecule has 0 fully saturated rings. The maximum Gasteiger partial charge on any atom is 0.333 e. The molecule has 0 aliphatic rings. The summed E-state index contributed by atoms with van der Waals surface area (Å²) in [5.74, 6) is -0.454. The predicted octanol–water partition coefficient (Wildman–Crippen LogP) is 0.831. The maximum absolute atomic E-state index is 11.2. The summed E-state index contributed by atoms with van der Waals surface area (Å²) in [5, 5.41) is 5.17. The minimum Gasteiger partial charge on any atom is -0.460 e. The molecule has 0 aromatic heterocycles. The number of carbonyl (C=O) groups is 2. The lowest BCUT2D eigenvalue weighted by Gasteiger charge is -2.08. The molecule has 0 spiro atoms. The van der Waals surface area contributed by atoms with Crippen LogP contribution in [0.25, 0.3) is 0 Å². The number of nitrogens with one attached hydrogen (secondary N) is 2. The zero-order valence-corrected chi connectivity index (χ0v) is 11.1. The smallest absolute Gasteiger partial charge is 0.333 e. The Morgan fingerprint density at radius 1 is 1.11 bits per heavy atom. The first-order valence-corrected chi connectivity index (χ1v) is 6.00. The summed E-state index contributed by atoms with van der Waals surface area (Å²) in [5.41, 5.74) is 0.340. The van der Waals surface area contributed by atoms with Crippen LogP contribution in [-0.4, -0.2) is 44.9 Å². The summed E-state index contributed by atoms with van der Waals surface area (Å²) in [6, 6.07) is -0.304. The number of hydrogen-bond donors (Lipinski definition) is 2. The summed E-state index contributed by atoms with van der Waals surface area (Å²) in [6.07, 6.45) is 0.959. The fourth-order valence-electron chi connectivity index (χ4n) is 0.977. The van der Waals surface area contributed by atoms with Gasteiger partial charge in [0.05, 0.1) is 13.2 Å². The topological polar surface area (TPSA) is 76.7 Å². The molecule has 0 saturated carbocycles. The number of amides is 2. The van der Waals surface area contributed by atoms with E-state index in [0.717, 1.165) is 6.42 Å². The number of rotatable bonds is 9. The van der Waals surface area contributed by atoms with E-state index in [-0.39, 0.29) is 19.2 Å². The quantitative estimate of drug-likeness (QED) is 0.365. The first-order valence-electron chi connectivity index (χ1n) is 6.00. The largest absolute Gasteiger partial charge is 0.460 e.